The smallest absolute Gasteiger partial charge is 0.335 e. The fourth-order valence-corrected chi connectivity index (χ4v) is 2.82. The van der Waals surface area contributed by atoms with Gasteiger partial charge in [-0.1, -0.05) is 36.4 Å². The van der Waals surface area contributed by atoms with Gasteiger partial charge in [-0.3, -0.25) is 0 Å². The number of carboxylic acid groups (broad SMARTS) is 3. The van der Waals surface area contributed by atoms with Gasteiger partial charge in [0.25, 0.3) is 0 Å². The second kappa shape index (κ2) is 7.13. The van der Waals surface area contributed by atoms with Crippen molar-refractivity contribution in [3.8, 4) is 22.3 Å². The Labute approximate surface area is 154 Å². The van der Waals surface area contributed by atoms with Crippen LogP contribution in [0.15, 0.2) is 66.7 Å². The highest BCUT2D eigenvalue weighted by Gasteiger charge is 2.16. The van der Waals surface area contributed by atoms with E-state index in [1.807, 2.05) is 6.07 Å². The maximum absolute atomic E-state index is 11.4. The van der Waals surface area contributed by atoms with E-state index in [1.165, 1.54) is 24.3 Å². The molecule has 3 rings (SSSR count). The lowest BCUT2D eigenvalue weighted by Gasteiger charge is -2.13. The Morgan fingerprint density at radius 1 is 0.519 bits per heavy atom. The Kier molecular flexibility index (Phi) is 4.72. The van der Waals surface area contributed by atoms with E-state index >= 15 is 0 Å². The van der Waals surface area contributed by atoms with Crippen LogP contribution in [-0.4, -0.2) is 33.2 Å². The quantitative estimate of drug-likeness (QED) is 0.629. The highest BCUT2D eigenvalue weighted by molar-refractivity contribution is 5.98. The van der Waals surface area contributed by atoms with Gasteiger partial charge >= 0.3 is 17.9 Å². The van der Waals surface area contributed by atoms with Crippen molar-refractivity contribution in [2.45, 2.75) is 0 Å². The Morgan fingerprint density at radius 2 is 1.07 bits per heavy atom. The first kappa shape index (κ1) is 17.9. The van der Waals surface area contributed by atoms with Crippen LogP contribution in [-0.2, 0) is 0 Å². The van der Waals surface area contributed by atoms with Crippen LogP contribution in [0, 0.1) is 0 Å². The van der Waals surface area contributed by atoms with Crippen molar-refractivity contribution in [1.29, 1.82) is 0 Å². The first-order chi connectivity index (χ1) is 12.9. The lowest BCUT2D eigenvalue weighted by Crippen LogP contribution is -2.03. The van der Waals surface area contributed by atoms with Crippen LogP contribution >= 0.6 is 0 Å². The van der Waals surface area contributed by atoms with Gasteiger partial charge in [-0.15, -0.1) is 0 Å². The van der Waals surface area contributed by atoms with Gasteiger partial charge in [0, 0.05) is 0 Å². The predicted molar refractivity (Wildman–Crippen MR) is 98.2 cm³/mol. The molecule has 3 aromatic carbocycles. The molecule has 0 aromatic heterocycles. The van der Waals surface area contributed by atoms with Crippen molar-refractivity contribution >= 4 is 17.9 Å². The van der Waals surface area contributed by atoms with Gasteiger partial charge in [-0.05, 0) is 52.6 Å². The summed E-state index contributed by atoms with van der Waals surface area (Å²) >= 11 is 0. The fourth-order valence-electron chi connectivity index (χ4n) is 2.82. The van der Waals surface area contributed by atoms with Crippen molar-refractivity contribution in [3.63, 3.8) is 0 Å². The molecule has 0 amide bonds. The van der Waals surface area contributed by atoms with Crippen molar-refractivity contribution in [2.24, 2.45) is 0 Å². The SMILES string of the molecule is O=C(O)c1cc(C(=O)O)cc(-c2ccc(C(=O)O)cc2-c2ccccc2)c1. The third kappa shape index (κ3) is 3.69. The van der Waals surface area contributed by atoms with Crippen molar-refractivity contribution in [2.75, 3.05) is 0 Å². The average Bonchev–Trinajstić information content (AvgIpc) is 2.67. The molecule has 0 radical (unpaired) electrons. The molecule has 0 aliphatic rings. The molecule has 27 heavy (non-hydrogen) atoms. The van der Waals surface area contributed by atoms with E-state index in [0.717, 1.165) is 11.6 Å². The molecule has 0 atom stereocenters. The number of aromatic carboxylic acids is 3. The molecule has 0 aliphatic heterocycles. The van der Waals surface area contributed by atoms with E-state index < -0.39 is 17.9 Å². The number of hydrogen-bond acceptors (Lipinski definition) is 3. The molecular formula is C21H14O6. The molecule has 0 saturated carbocycles. The summed E-state index contributed by atoms with van der Waals surface area (Å²) in [6.45, 7) is 0. The molecule has 6 heteroatoms. The van der Waals surface area contributed by atoms with Gasteiger partial charge in [-0.2, -0.15) is 0 Å². The predicted octanol–water partition coefficient (Wildman–Crippen LogP) is 4.12. The van der Waals surface area contributed by atoms with Crippen molar-refractivity contribution in [3.05, 3.63) is 83.4 Å². The maximum Gasteiger partial charge on any atom is 0.335 e. The monoisotopic (exact) mass is 362 g/mol. The van der Waals surface area contributed by atoms with Crippen LogP contribution in [0.2, 0.25) is 0 Å². The normalized spacial score (nSPS) is 10.4. The van der Waals surface area contributed by atoms with Gasteiger partial charge in [-0.25, -0.2) is 14.4 Å². The average molecular weight is 362 g/mol. The lowest BCUT2D eigenvalue weighted by atomic mass is 9.91. The van der Waals surface area contributed by atoms with Gasteiger partial charge in [0.2, 0.25) is 0 Å². The Balaban J connectivity index is 2.30. The molecule has 6 nitrogen and oxygen atoms in total. The molecule has 0 fully saturated rings. The van der Waals surface area contributed by atoms with Crippen LogP contribution in [0.4, 0.5) is 0 Å². The van der Waals surface area contributed by atoms with Crippen LogP contribution in [0.3, 0.4) is 0 Å². The molecule has 0 unspecified atom stereocenters. The number of carboxylic acids is 3. The molecule has 0 saturated heterocycles. The molecule has 0 spiro atoms. The third-order valence-electron chi connectivity index (χ3n) is 4.09. The molecule has 3 aromatic rings. The summed E-state index contributed by atoms with van der Waals surface area (Å²) in [5, 5.41) is 27.9. The molecule has 0 aliphatic carbocycles. The van der Waals surface area contributed by atoms with Gasteiger partial charge in [0.05, 0.1) is 16.7 Å². The summed E-state index contributed by atoms with van der Waals surface area (Å²) < 4.78 is 0. The van der Waals surface area contributed by atoms with E-state index in [-0.39, 0.29) is 16.7 Å². The number of carbonyl (C=O) groups is 3. The summed E-state index contributed by atoms with van der Waals surface area (Å²) in [5.74, 6) is -3.59. The minimum Gasteiger partial charge on any atom is -0.478 e. The van der Waals surface area contributed by atoms with Crippen molar-refractivity contribution < 1.29 is 29.7 Å². The maximum atomic E-state index is 11.4. The van der Waals surface area contributed by atoms with Gasteiger partial charge in [0.15, 0.2) is 0 Å². The zero-order valence-electron chi connectivity index (χ0n) is 13.9. The standard InChI is InChI=1S/C21H14O6/c22-19(23)13-6-7-17(18(11-13)12-4-2-1-3-5-12)14-8-15(20(24)25)10-16(9-14)21(26)27/h1-11H,(H,22,23)(H,24,25)(H,26,27). The molecule has 3 N–H and O–H groups in total. The summed E-state index contributed by atoms with van der Waals surface area (Å²) in [7, 11) is 0. The topological polar surface area (TPSA) is 112 Å². The zero-order chi connectivity index (χ0) is 19.6. The highest BCUT2D eigenvalue weighted by Crippen LogP contribution is 2.34. The molecule has 0 heterocycles. The first-order valence-electron chi connectivity index (χ1n) is 7.91. The Hall–Kier alpha value is -3.93. The number of hydrogen-bond donors (Lipinski definition) is 3. The third-order valence-corrected chi connectivity index (χ3v) is 4.09. The largest absolute Gasteiger partial charge is 0.478 e. The van der Waals surface area contributed by atoms with E-state index in [4.69, 9.17) is 0 Å². The van der Waals surface area contributed by atoms with Crippen LogP contribution in [0.5, 0.6) is 0 Å². The van der Waals surface area contributed by atoms with Crippen molar-refractivity contribution in [1.82, 2.24) is 0 Å². The number of rotatable bonds is 5. The van der Waals surface area contributed by atoms with E-state index in [0.29, 0.717) is 16.7 Å². The van der Waals surface area contributed by atoms with Crippen LogP contribution in [0.25, 0.3) is 22.3 Å². The van der Waals surface area contributed by atoms with Gasteiger partial charge < -0.3 is 15.3 Å². The van der Waals surface area contributed by atoms with E-state index in [1.54, 1.807) is 30.3 Å². The zero-order valence-corrected chi connectivity index (χ0v) is 13.9. The van der Waals surface area contributed by atoms with Crippen LogP contribution < -0.4 is 0 Å². The molecule has 0 bridgehead atoms. The van der Waals surface area contributed by atoms with E-state index in [9.17, 15) is 29.7 Å². The number of benzene rings is 3. The first-order valence-corrected chi connectivity index (χ1v) is 7.91. The second-order valence-corrected chi connectivity index (χ2v) is 5.84. The van der Waals surface area contributed by atoms with Crippen LogP contribution in [0.1, 0.15) is 31.1 Å². The summed E-state index contributed by atoms with van der Waals surface area (Å²) in [6.07, 6.45) is 0. The minimum absolute atomic E-state index is 0.0745. The van der Waals surface area contributed by atoms with Gasteiger partial charge in [0.1, 0.15) is 0 Å². The summed E-state index contributed by atoms with van der Waals surface area (Å²) in [6, 6.07) is 17.3. The highest BCUT2D eigenvalue weighted by atomic mass is 16.4. The Bertz CT molecular complexity index is 1020. The minimum atomic E-state index is -1.25. The van der Waals surface area contributed by atoms with E-state index in [2.05, 4.69) is 0 Å². The molecule has 134 valence electrons. The lowest BCUT2D eigenvalue weighted by molar-refractivity contribution is 0.0682. The fraction of sp³-hybridized carbons (Fsp3) is 0. The second-order valence-electron chi connectivity index (χ2n) is 5.84. The Morgan fingerprint density at radius 3 is 1.59 bits per heavy atom. The molecular weight excluding hydrogens is 348 g/mol. The summed E-state index contributed by atoms with van der Waals surface area (Å²) in [4.78, 5) is 34.1. The summed E-state index contributed by atoms with van der Waals surface area (Å²) in [5.41, 5.74) is 1.96.